The van der Waals surface area contributed by atoms with Crippen molar-refractivity contribution in [3.63, 3.8) is 0 Å². The molecule has 5 nitrogen and oxygen atoms in total. The van der Waals surface area contributed by atoms with Crippen molar-refractivity contribution in [2.24, 2.45) is 23.7 Å². The number of nitrogens with one attached hydrogen (secondary N) is 1. The van der Waals surface area contributed by atoms with E-state index < -0.39 is 5.97 Å². The molecule has 0 spiro atoms. The van der Waals surface area contributed by atoms with Crippen LogP contribution in [0.25, 0.3) is 0 Å². The van der Waals surface area contributed by atoms with Crippen LogP contribution in [-0.4, -0.2) is 41.1 Å². The van der Waals surface area contributed by atoms with E-state index in [4.69, 9.17) is 5.11 Å². The number of aliphatic carboxylic acids is 1. The van der Waals surface area contributed by atoms with Crippen LogP contribution in [0.4, 0.5) is 4.79 Å². The number of rotatable bonds is 6. The van der Waals surface area contributed by atoms with Crippen molar-refractivity contribution in [3.05, 3.63) is 48.0 Å². The standard InChI is InChI=1S/C22H28N2O3/c25-21(26)11-10-18(12-15-4-2-1-3-5-15)23-22(27)24-13-19-16-6-7-17(9-8-16)20(19)14-24/h1-7,16-20H,8-14H2,(H,23,27)(H,25,26). The van der Waals surface area contributed by atoms with Gasteiger partial charge in [0.05, 0.1) is 0 Å². The number of amides is 2. The summed E-state index contributed by atoms with van der Waals surface area (Å²) in [6.45, 7) is 1.66. The van der Waals surface area contributed by atoms with E-state index in [1.165, 1.54) is 12.8 Å². The van der Waals surface area contributed by atoms with Crippen molar-refractivity contribution in [1.29, 1.82) is 0 Å². The Bertz CT molecular complexity index is 696. The van der Waals surface area contributed by atoms with Crippen LogP contribution < -0.4 is 5.32 Å². The molecule has 2 N–H and O–H groups in total. The molecule has 5 atom stereocenters. The lowest BCUT2D eigenvalue weighted by molar-refractivity contribution is -0.137. The van der Waals surface area contributed by atoms with Crippen LogP contribution >= 0.6 is 0 Å². The number of carboxylic acid groups (broad SMARTS) is 1. The summed E-state index contributed by atoms with van der Waals surface area (Å²) < 4.78 is 0. The highest BCUT2D eigenvalue weighted by Crippen LogP contribution is 2.48. The molecule has 1 heterocycles. The monoisotopic (exact) mass is 368 g/mol. The fourth-order valence-corrected chi connectivity index (χ4v) is 5.19. The Labute approximate surface area is 160 Å². The summed E-state index contributed by atoms with van der Waals surface area (Å²) in [5, 5.41) is 12.2. The highest BCUT2D eigenvalue weighted by atomic mass is 16.4. The summed E-state index contributed by atoms with van der Waals surface area (Å²) in [4.78, 5) is 25.9. The second-order valence-electron chi connectivity index (χ2n) is 8.29. The van der Waals surface area contributed by atoms with E-state index in [1.807, 2.05) is 35.2 Å². The predicted molar refractivity (Wildman–Crippen MR) is 103 cm³/mol. The molecule has 5 unspecified atom stereocenters. The first kappa shape index (κ1) is 18.1. The molecular formula is C22H28N2O3. The number of hydrogen-bond donors (Lipinski definition) is 2. The number of likely N-dealkylation sites (tertiary alicyclic amines) is 1. The van der Waals surface area contributed by atoms with E-state index in [2.05, 4.69) is 17.5 Å². The second kappa shape index (κ2) is 7.75. The van der Waals surface area contributed by atoms with Crippen LogP contribution in [0.3, 0.4) is 0 Å². The minimum Gasteiger partial charge on any atom is -0.481 e. The van der Waals surface area contributed by atoms with Crippen molar-refractivity contribution in [2.45, 2.75) is 38.1 Å². The van der Waals surface area contributed by atoms with E-state index in [9.17, 15) is 9.59 Å². The third-order valence-corrected chi connectivity index (χ3v) is 6.60. The zero-order valence-electron chi connectivity index (χ0n) is 15.6. The zero-order valence-corrected chi connectivity index (χ0v) is 15.6. The number of allylic oxidation sites excluding steroid dienone is 2. The predicted octanol–water partition coefficient (Wildman–Crippen LogP) is 3.32. The summed E-state index contributed by atoms with van der Waals surface area (Å²) in [6, 6.07) is 9.76. The van der Waals surface area contributed by atoms with E-state index in [0.29, 0.717) is 36.5 Å². The second-order valence-corrected chi connectivity index (χ2v) is 8.29. The Balaban J connectivity index is 1.38. The summed E-state index contributed by atoms with van der Waals surface area (Å²) in [5.41, 5.74) is 1.12. The third kappa shape index (κ3) is 4.02. The van der Waals surface area contributed by atoms with Crippen LogP contribution in [0.1, 0.15) is 31.2 Å². The SMILES string of the molecule is O=C(O)CCC(Cc1ccccc1)NC(=O)N1CC2C3C=CC(CC3)C2C1. The van der Waals surface area contributed by atoms with Crippen molar-refractivity contribution >= 4 is 12.0 Å². The summed E-state index contributed by atoms with van der Waals surface area (Å²) >= 11 is 0. The van der Waals surface area contributed by atoms with E-state index in [1.54, 1.807) is 0 Å². The maximum absolute atomic E-state index is 12.9. The number of benzene rings is 1. The Morgan fingerprint density at radius 3 is 2.26 bits per heavy atom. The largest absolute Gasteiger partial charge is 0.481 e. The Morgan fingerprint density at radius 2 is 1.70 bits per heavy atom. The molecule has 1 aliphatic heterocycles. The van der Waals surface area contributed by atoms with Gasteiger partial charge in [-0.05, 0) is 54.9 Å². The molecule has 5 heteroatoms. The van der Waals surface area contributed by atoms with Gasteiger partial charge in [-0.2, -0.15) is 0 Å². The first-order valence-corrected chi connectivity index (χ1v) is 10.1. The number of carbonyl (C=O) groups excluding carboxylic acids is 1. The van der Waals surface area contributed by atoms with Gasteiger partial charge in [-0.1, -0.05) is 42.5 Å². The average Bonchev–Trinajstić information content (AvgIpc) is 3.16. The molecule has 5 rings (SSSR count). The van der Waals surface area contributed by atoms with Crippen LogP contribution in [-0.2, 0) is 11.2 Å². The molecule has 2 amide bonds. The van der Waals surface area contributed by atoms with E-state index in [0.717, 1.165) is 18.7 Å². The lowest BCUT2D eigenvalue weighted by atomic mass is 9.64. The number of hydrogen-bond acceptors (Lipinski definition) is 2. The maximum atomic E-state index is 12.9. The molecule has 1 saturated carbocycles. The Morgan fingerprint density at radius 1 is 1.07 bits per heavy atom. The van der Waals surface area contributed by atoms with E-state index in [-0.39, 0.29) is 18.5 Å². The third-order valence-electron chi connectivity index (χ3n) is 6.60. The molecule has 27 heavy (non-hydrogen) atoms. The molecular weight excluding hydrogens is 340 g/mol. The molecule has 0 aromatic heterocycles. The maximum Gasteiger partial charge on any atom is 0.317 e. The number of carboxylic acids is 1. The van der Waals surface area contributed by atoms with Gasteiger partial charge >= 0.3 is 12.0 Å². The lowest BCUT2D eigenvalue weighted by Gasteiger charge is -2.40. The highest BCUT2D eigenvalue weighted by Gasteiger charge is 2.47. The topological polar surface area (TPSA) is 69.6 Å². The minimum absolute atomic E-state index is 0.0323. The number of fused-ring (bicyclic) bond motifs is 1. The zero-order chi connectivity index (χ0) is 18.8. The number of urea groups is 1. The van der Waals surface area contributed by atoms with Gasteiger partial charge in [0, 0.05) is 25.6 Å². The molecule has 2 fully saturated rings. The highest BCUT2D eigenvalue weighted by molar-refractivity contribution is 5.75. The fraction of sp³-hybridized carbons (Fsp3) is 0.545. The van der Waals surface area contributed by atoms with Crippen molar-refractivity contribution in [3.8, 4) is 0 Å². The van der Waals surface area contributed by atoms with Crippen LogP contribution in [0.15, 0.2) is 42.5 Å². The van der Waals surface area contributed by atoms with Gasteiger partial charge in [-0.15, -0.1) is 0 Å². The van der Waals surface area contributed by atoms with Crippen LogP contribution in [0, 0.1) is 23.7 Å². The Kier molecular flexibility index (Phi) is 5.19. The molecule has 144 valence electrons. The lowest BCUT2D eigenvalue weighted by Crippen LogP contribution is -2.45. The first-order valence-electron chi connectivity index (χ1n) is 10.1. The van der Waals surface area contributed by atoms with Gasteiger partial charge in [0.1, 0.15) is 0 Å². The van der Waals surface area contributed by atoms with Gasteiger partial charge in [0.2, 0.25) is 0 Å². The Hall–Kier alpha value is -2.30. The minimum atomic E-state index is -0.822. The number of nitrogens with zero attached hydrogens (tertiary/aromatic N) is 1. The smallest absolute Gasteiger partial charge is 0.317 e. The molecule has 2 bridgehead atoms. The molecule has 1 aromatic carbocycles. The summed E-state index contributed by atoms with van der Waals surface area (Å²) in [7, 11) is 0. The molecule has 0 radical (unpaired) electrons. The van der Waals surface area contributed by atoms with Gasteiger partial charge in [-0.25, -0.2) is 4.79 Å². The van der Waals surface area contributed by atoms with Gasteiger partial charge in [0.25, 0.3) is 0 Å². The average molecular weight is 368 g/mol. The first-order chi connectivity index (χ1) is 13.1. The van der Waals surface area contributed by atoms with Crippen molar-refractivity contribution < 1.29 is 14.7 Å². The van der Waals surface area contributed by atoms with Gasteiger partial charge in [0.15, 0.2) is 0 Å². The summed E-state index contributed by atoms with van der Waals surface area (Å²) in [5.74, 6) is 1.64. The van der Waals surface area contributed by atoms with Crippen molar-refractivity contribution in [1.82, 2.24) is 10.2 Å². The van der Waals surface area contributed by atoms with Crippen LogP contribution in [0.5, 0.6) is 0 Å². The fourth-order valence-electron chi connectivity index (χ4n) is 5.19. The van der Waals surface area contributed by atoms with Gasteiger partial charge < -0.3 is 15.3 Å². The van der Waals surface area contributed by atoms with E-state index >= 15 is 0 Å². The number of carbonyl (C=O) groups is 2. The quantitative estimate of drug-likeness (QED) is 0.757. The van der Waals surface area contributed by atoms with Gasteiger partial charge in [-0.3, -0.25) is 4.79 Å². The molecule has 1 saturated heterocycles. The molecule has 1 aromatic rings. The summed E-state index contributed by atoms with van der Waals surface area (Å²) in [6.07, 6.45) is 8.41. The van der Waals surface area contributed by atoms with Crippen molar-refractivity contribution in [2.75, 3.05) is 13.1 Å². The molecule has 4 aliphatic rings. The molecule has 3 aliphatic carbocycles. The normalized spacial score (nSPS) is 29.4. The van der Waals surface area contributed by atoms with Crippen LogP contribution in [0.2, 0.25) is 0 Å².